The number of rotatable bonds is 6. The molecule has 0 amide bonds. The molecule has 0 aliphatic carbocycles. The minimum Gasteiger partial charge on any atom is -0.199 e. The van der Waals surface area contributed by atoms with E-state index >= 15 is 0 Å². The fourth-order valence-electron chi connectivity index (χ4n) is 0.959. The molecule has 0 aliphatic rings. The van der Waals surface area contributed by atoms with E-state index in [-0.39, 0.29) is 4.74 Å². The Hall–Kier alpha value is 0.150. The van der Waals surface area contributed by atoms with Crippen molar-refractivity contribution in [3.63, 3.8) is 0 Å². The van der Waals surface area contributed by atoms with Crippen LogP contribution in [0.5, 0.6) is 0 Å². The standard InChI is InChI=1S/C9H16BrF/c1-2-3-4-5-6-7-8-9(10)11/h8H,2-7H2,1H3. The molecule has 11 heavy (non-hydrogen) atoms. The van der Waals surface area contributed by atoms with Crippen LogP contribution in [0.2, 0.25) is 0 Å². The molecule has 0 spiro atoms. The van der Waals surface area contributed by atoms with Gasteiger partial charge >= 0.3 is 0 Å². The summed E-state index contributed by atoms with van der Waals surface area (Å²) in [6.07, 6.45) is 8.65. The lowest BCUT2D eigenvalue weighted by Crippen LogP contribution is -1.75. The average molecular weight is 223 g/mol. The Morgan fingerprint density at radius 1 is 1.27 bits per heavy atom. The summed E-state index contributed by atoms with van der Waals surface area (Å²) in [5, 5.41) is 0. The molecule has 0 aromatic carbocycles. The van der Waals surface area contributed by atoms with E-state index in [0.717, 1.165) is 12.8 Å². The van der Waals surface area contributed by atoms with Gasteiger partial charge in [0.2, 0.25) is 0 Å². The maximum absolute atomic E-state index is 12.1. The summed E-state index contributed by atoms with van der Waals surface area (Å²) in [7, 11) is 0. The highest BCUT2D eigenvalue weighted by Crippen LogP contribution is 2.10. The van der Waals surface area contributed by atoms with Gasteiger partial charge in [-0.1, -0.05) is 32.6 Å². The van der Waals surface area contributed by atoms with Gasteiger partial charge in [0, 0.05) is 0 Å². The van der Waals surface area contributed by atoms with Gasteiger partial charge in [0.1, 0.15) is 0 Å². The summed E-state index contributed by atoms with van der Waals surface area (Å²) < 4.78 is 11.8. The first-order valence-corrected chi connectivity index (χ1v) is 5.07. The Kier molecular flexibility index (Phi) is 8.36. The first kappa shape index (κ1) is 11.2. The van der Waals surface area contributed by atoms with E-state index in [1.54, 1.807) is 6.08 Å². The van der Waals surface area contributed by atoms with Crippen molar-refractivity contribution < 1.29 is 4.39 Å². The van der Waals surface area contributed by atoms with Gasteiger partial charge in [-0.25, -0.2) is 0 Å². The van der Waals surface area contributed by atoms with E-state index in [0.29, 0.717) is 0 Å². The molecule has 0 N–H and O–H groups in total. The van der Waals surface area contributed by atoms with Gasteiger partial charge in [0.15, 0.2) is 4.74 Å². The molecule has 0 rings (SSSR count). The van der Waals surface area contributed by atoms with Crippen molar-refractivity contribution in [2.75, 3.05) is 0 Å². The van der Waals surface area contributed by atoms with Gasteiger partial charge < -0.3 is 0 Å². The highest BCUT2D eigenvalue weighted by molar-refractivity contribution is 9.11. The first-order valence-electron chi connectivity index (χ1n) is 4.28. The molecule has 0 aliphatic heterocycles. The zero-order valence-corrected chi connectivity index (χ0v) is 8.66. The molecular formula is C9H16BrF. The van der Waals surface area contributed by atoms with E-state index < -0.39 is 0 Å². The van der Waals surface area contributed by atoms with Gasteiger partial charge in [-0.05, 0) is 34.8 Å². The second-order valence-electron chi connectivity index (χ2n) is 2.70. The molecular weight excluding hydrogens is 207 g/mol. The van der Waals surface area contributed by atoms with Crippen LogP contribution in [0, 0.1) is 0 Å². The Labute approximate surface area is 77.0 Å². The third-order valence-corrected chi connectivity index (χ3v) is 1.93. The maximum Gasteiger partial charge on any atom is 0.161 e. The smallest absolute Gasteiger partial charge is 0.161 e. The summed E-state index contributed by atoms with van der Waals surface area (Å²) in [5.74, 6) is 0. The van der Waals surface area contributed by atoms with E-state index in [4.69, 9.17) is 0 Å². The highest BCUT2D eigenvalue weighted by atomic mass is 79.9. The molecule has 0 fully saturated rings. The van der Waals surface area contributed by atoms with Crippen molar-refractivity contribution in [2.24, 2.45) is 0 Å². The zero-order chi connectivity index (χ0) is 8.53. The van der Waals surface area contributed by atoms with Gasteiger partial charge in [-0.2, -0.15) is 4.39 Å². The Bertz CT molecular complexity index is 106. The van der Waals surface area contributed by atoms with Gasteiger partial charge in [-0.3, -0.25) is 0 Å². The molecule has 0 nitrogen and oxygen atoms in total. The lowest BCUT2D eigenvalue weighted by Gasteiger charge is -1.95. The first-order chi connectivity index (χ1) is 5.27. The van der Waals surface area contributed by atoms with Crippen LogP contribution >= 0.6 is 15.9 Å². The van der Waals surface area contributed by atoms with Crippen molar-refractivity contribution in [1.29, 1.82) is 0 Å². The Balaban J connectivity index is 2.97. The average Bonchev–Trinajstić information content (AvgIpc) is 1.96. The van der Waals surface area contributed by atoms with Crippen LogP contribution in [0.25, 0.3) is 0 Å². The third kappa shape index (κ3) is 10.2. The van der Waals surface area contributed by atoms with Crippen molar-refractivity contribution >= 4 is 15.9 Å². The van der Waals surface area contributed by atoms with Crippen LogP contribution < -0.4 is 0 Å². The highest BCUT2D eigenvalue weighted by Gasteiger charge is 1.88. The van der Waals surface area contributed by atoms with Crippen molar-refractivity contribution in [3.8, 4) is 0 Å². The second kappa shape index (κ2) is 8.25. The van der Waals surface area contributed by atoms with E-state index in [1.807, 2.05) is 0 Å². The molecule has 0 heterocycles. The number of halogens is 2. The molecule has 0 saturated carbocycles. The molecule has 0 bridgehead atoms. The third-order valence-electron chi connectivity index (χ3n) is 1.61. The minimum atomic E-state index is -0.229. The summed E-state index contributed by atoms with van der Waals surface area (Å²) in [5.41, 5.74) is 0. The topological polar surface area (TPSA) is 0 Å². The van der Waals surface area contributed by atoms with Crippen molar-refractivity contribution in [1.82, 2.24) is 0 Å². The molecule has 0 aromatic heterocycles. The molecule has 0 saturated heterocycles. The van der Waals surface area contributed by atoms with Crippen LogP contribution in [-0.2, 0) is 0 Å². The largest absolute Gasteiger partial charge is 0.199 e. The summed E-state index contributed by atoms with van der Waals surface area (Å²) in [6, 6.07) is 0. The molecule has 0 radical (unpaired) electrons. The van der Waals surface area contributed by atoms with Crippen molar-refractivity contribution in [2.45, 2.75) is 45.4 Å². The fraction of sp³-hybridized carbons (Fsp3) is 0.778. The Morgan fingerprint density at radius 3 is 2.45 bits per heavy atom. The van der Waals surface area contributed by atoms with E-state index in [2.05, 4.69) is 22.9 Å². The maximum atomic E-state index is 12.1. The summed E-state index contributed by atoms with van der Waals surface area (Å²) >= 11 is 2.75. The number of allylic oxidation sites excluding steroid dienone is 1. The number of unbranched alkanes of at least 4 members (excludes halogenated alkanes) is 5. The Morgan fingerprint density at radius 2 is 1.91 bits per heavy atom. The molecule has 2 heteroatoms. The van der Waals surface area contributed by atoms with Crippen LogP contribution in [0.1, 0.15) is 45.4 Å². The predicted octanol–water partition coefficient (Wildman–Crippen LogP) is 4.55. The molecule has 66 valence electrons. The quantitative estimate of drug-likeness (QED) is 0.579. The van der Waals surface area contributed by atoms with Crippen molar-refractivity contribution in [3.05, 3.63) is 10.8 Å². The van der Waals surface area contributed by atoms with Gasteiger partial charge in [0.05, 0.1) is 0 Å². The minimum absolute atomic E-state index is 0.229. The lowest BCUT2D eigenvalue weighted by atomic mass is 10.1. The molecule has 0 atom stereocenters. The van der Waals surface area contributed by atoms with Crippen LogP contribution in [0.15, 0.2) is 10.8 Å². The monoisotopic (exact) mass is 222 g/mol. The SMILES string of the molecule is CCCCCCCC=C(F)Br. The second-order valence-corrected chi connectivity index (χ2v) is 3.45. The zero-order valence-electron chi connectivity index (χ0n) is 7.08. The van der Waals surface area contributed by atoms with Crippen LogP contribution in [-0.4, -0.2) is 0 Å². The predicted molar refractivity (Wildman–Crippen MR) is 51.5 cm³/mol. The van der Waals surface area contributed by atoms with E-state index in [1.165, 1.54) is 25.7 Å². The number of hydrogen-bond donors (Lipinski definition) is 0. The summed E-state index contributed by atoms with van der Waals surface area (Å²) in [6.45, 7) is 2.19. The molecule has 0 aromatic rings. The molecule has 0 unspecified atom stereocenters. The number of hydrogen-bond acceptors (Lipinski definition) is 0. The normalized spacial score (nSPS) is 12.1. The van der Waals surface area contributed by atoms with E-state index in [9.17, 15) is 4.39 Å². The summed E-state index contributed by atoms with van der Waals surface area (Å²) in [4.78, 5) is 0. The fourth-order valence-corrected chi connectivity index (χ4v) is 1.19. The van der Waals surface area contributed by atoms with Crippen LogP contribution in [0.4, 0.5) is 4.39 Å². The van der Waals surface area contributed by atoms with Crippen LogP contribution in [0.3, 0.4) is 0 Å². The lowest BCUT2D eigenvalue weighted by molar-refractivity contribution is 0.630. The van der Waals surface area contributed by atoms with Gasteiger partial charge in [0.25, 0.3) is 0 Å². The van der Waals surface area contributed by atoms with Gasteiger partial charge in [-0.15, -0.1) is 0 Å².